The minimum Gasteiger partial charge on any atom is -0.485 e. The van der Waals surface area contributed by atoms with Crippen LogP contribution < -0.4 is 4.74 Å². The maximum atomic E-state index is 14.9. The molecule has 1 nitrogen and oxygen atoms in total. The summed E-state index contributed by atoms with van der Waals surface area (Å²) in [4.78, 5) is 0. The Balaban J connectivity index is 1.40. The monoisotopic (exact) mass is 496 g/mol. The minimum atomic E-state index is -0.618. The second-order valence-corrected chi connectivity index (χ2v) is 11.9. The summed E-state index contributed by atoms with van der Waals surface area (Å²) in [5, 5.41) is 0. The topological polar surface area (TPSA) is 9.23 Å². The van der Waals surface area contributed by atoms with Gasteiger partial charge in [-0.3, -0.25) is 0 Å². The van der Waals surface area contributed by atoms with Crippen LogP contribution in [0.25, 0.3) is 11.1 Å². The molecule has 3 fully saturated rings. The summed E-state index contributed by atoms with van der Waals surface area (Å²) in [6, 6.07) is 11.4. The molecule has 0 aliphatic heterocycles. The lowest BCUT2D eigenvalue weighted by Crippen LogP contribution is -2.44. The third-order valence-electron chi connectivity index (χ3n) is 9.32. The maximum Gasteiger partial charge on any atom is 0.191 e. The molecule has 1 atom stereocenters. The van der Waals surface area contributed by atoms with E-state index >= 15 is 0 Å². The molecule has 3 aliphatic carbocycles. The normalized spacial score (nSPS) is 24.1. The van der Waals surface area contributed by atoms with E-state index in [9.17, 15) is 8.78 Å². The predicted octanol–water partition coefficient (Wildman–Crippen LogP) is 10.5. The van der Waals surface area contributed by atoms with Crippen LogP contribution in [0.1, 0.15) is 123 Å². The Bertz CT molecular complexity index is 932. The van der Waals surface area contributed by atoms with Crippen molar-refractivity contribution in [3.8, 4) is 16.9 Å². The number of hydrogen-bond donors (Lipinski definition) is 0. The lowest BCUT2D eigenvalue weighted by atomic mass is 9.51. The third kappa shape index (κ3) is 6.14. The Hall–Kier alpha value is -1.90. The Morgan fingerprint density at radius 3 is 1.92 bits per heavy atom. The number of ether oxygens (including phenoxy) is 1. The molecule has 0 spiro atoms. The van der Waals surface area contributed by atoms with E-state index in [1.165, 1.54) is 94.7 Å². The predicted molar refractivity (Wildman–Crippen MR) is 147 cm³/mol. The summed E-state index contributed by atoms with van der Waals surface area (Å²) in [7, 11) is 0. The second kappa shape index (κ2) is 12.1. The van der Waals surface area contributed by atoms with Crippen LogP contribution in [-0.4, -0.2) is 6.10 Å². The highest BCUT2D eigenvalue weighted by atomic mass is 19.1. The quantitative estimate of drug-likeness (QED) is 0.251. The van der Waals surface area contributed by atoms with E-state index in [2.05, 4.69) is 26.0 Å². The fraction of sp³-hybridized carbons (Fsp3) is 0.636. The summed E-state index contributed by atoms with van der Waals surface area (Å²) < 4.78 is 35.4. The molecule has 0 amide bonds. The van der Waals surface area contributed by atoms with Crippen LogP contribution in [0.3, 0.4) is 0 Å². The number of rotatable bonds is 13. The third-order valence-corrected chi connectivity index (χ3v) is 9.32. The highest BCUT2D eigenvalue weighted by Gasteiger charge is 2.48. The molecule has 3 aliphatic rings. The molecule has 2 bridgehead atoms. The first-order valence-corrected chi connectivity index (χ1v) is 14.7. The number of fused-ring (bicyclic) bond motifs is 3. The Kier molecular flexibility index (Phi) is 9.12. The van der Waals surface area contributed by atoms with E-state index in [1.54, 1.807) is 0 Å². The fourth-order valence-corrected chi connectivity index (χ4v) is 6.80. The smallest absolute Gasteiger partial charge is 0.191 e. The van der Waals surface area contributed by atoms with Crippen molar-refractivity contribution in [1.29, 1.82) is 0 Å². The molecular formula is C33H46F2O. The van der Waals surface area contributed by atoms with Crippen molar-refractivity contribution in [2.75, 3.05) is 0 Å². The zero-order valence-corrected chi connectivity index (χ0v) is 22.8. The highest BCUT2D eigenvalue weighted by molar-refractivity contribution is 5.65. The number of unbranched alkanes of at least 4 members (excludes halogenated alkanes) is 5. The molecule has 36 heavy (non-hydrogen) atoms. The average molecular weight is 497 g/mol. The summed E-state index contributed by atoms with van der Waals surface area (Å²) in [5.41, 5.74) is 3.73. The van der Waals surface area contributed by atoms with Crippen molar-refractivity contribution in [3.63, 3.8) is 0 Å². The molecule has 198 valence electrons. The van der Waals surface area contributed by atoms with Gasteiger partial charge >= 0.3 is 0 Å². The Morgan fingerprint density at radius 2 is 1.33 bits per heavy atom. The lowest BCUT2D eigenvalue weighted by Gasteiger charge is -2.54. The number of benzene rings is 2. The van der Waals surface area contributed by atoms with Gasteiger partial charge in [0.15, 0.2) is 17.4 Å². The van der Waals surface area contributed by atoms with Gasteiger partial charge in [0.25, 0.3) is 0 Å². The van der Waals surface area contributed by atoms with Crippen LogP contribution in [0.4, 0.5) is 8.78 Å². The lowest BCUT2D eigenvalue weighted by molar-refractivity contribution is 0.0305. The van der Waals surface area contributed by atoms with Crippen LogP contribution in [0, 0.1) is 17.0 Å². The van der Waals surface area contributed by atoms with E-state index in [0.717, 1.165) is 24.8 Å². The SMILES string of the molecule is CCCCCCC(C)Oc1c(F)cc(-c2ccc(C34CCC(CCCCC)(CC3)CC4)cc2)cc1F. The molecule has 3 saturated carbocycles. The summed E-state index contributed by atoms with van der Waals surface area (Å²) in [5.74, 6) is -1.48. The summed E-state index contributed by atoms with van der Waals surface area (Å²) in [6.07, 6.45) is 18.5. The first-order valence-electron chi connectivity index (χ1n) is 14.7. The van der Waals surface area contributed by atoms with Crippen LogP contribution in [0.5, 0.6) is 5.75 Å². The fourth-order valence-electron chi connectivity index (χ4n) is 6.80. The van der Waals surface area contributed by atoms with Gasteiger partial charge in [0.05, 0.1) is 6.10 Å². The molecule has 0 saturated heterocycles. The first-order chi connectivity index (χ1) is 17.4. The van der Waals surface area contributed by atoms with Gasteiger partial charge in [0.2, 0.25) is 0 Å². The largest absolute Gasteiger partial charge is 0.485 e. The zero-order chi connectivity index (χ0) is 25.6. The standard InChI is InChI=1S/C33H46F2O/c1-4-6-8-9-11-25(3)36-31-29(34)23-27(24-30(31)35)26-12-14-28(15-13-26)33-20-17-32(18-21-33,19-22-33)16-10-7-5-2/h12-15,23-25H,4-11,16-22H2,1-3H3. The molecule has 2 aromatic carbocycles. The average Bonchev–Trinajstić information content (AvgIpc) is 2.90. The van der Waals surface area contributed by atoms with Gasteiger partial charge in [0.1, 0.15) is 0 Å². The Morgan fingerprint density at radius 1 is 0.750 bits per heavy atom. The molecular weight excluding hydrogens is 450 g/mol. The molecule has 0 aromatic heterocycles. The van der Waals surface area contributed by atoms with E-state index in [0.29, 0.717) is 16.4 Å². The van der Waals surface area contributed by atoms with Gasteiger partial charge < -0.3 is 4.74 Å². The van der Waals surface area contributed by atoms with Crippen molar-refractivity contribution < 1.29 is 13.5 Å². The summed E-state index contributed by atoms with van der Waals surface area (Å²) >= 11 is 0. The highest BCUT2D eigenvalue weighted by Crippen LogP contribution is 2.59. The van der Waals surface area contributed by atoms with E-state index in [1.807, 2.05) is 19.1 Å². The van der Waals surface area contributed by atoms with Crippen molar-refractivity contribution >= 4 is 0 Å². The van der Waals surface area contributed by atoms with E-state index in [4.69, 9.17) is 4.74 Å². The molecule has 5 rings (SSSR count). The van der Waals surface area contributed by atoms with Gasteiger partial charge in [-0.15, -0.1) is 0 Å². The molecule has 0 N–H and O–H groups in total. The van der Waals surface area contributed by atoms with Crippen LogP contribution >= 0.6 is 0 Å². The van der Waals surface area contributed by atoms with Gasteiger partial charge in [-0.05, 0) is 104 Å². The van der Waals surface area contributed by atoms with E-state index < -0.39 is 11.6 Å². The number of halogens is 2. The van der Waals surface area contributed by atoms with Crippen molar-refractivity contribution in [2.24, 2.45) is 5.41 Å². The zero-order valence-electron chi connectivity index (χ0n) is 22.8. The van der Waals surface area contributed by atoms with Crippen LogP contribution in [0.15, 0.2) is 36.4 Å². The van der Waals surface area contributed by atoms with E-state index in [-0.39, 0.29) is 11.9 Å². The van der Waals surface area contributed by atoms with Crippen molar-refractivity contribution in [2.45, 2.75) is 129 Å². The van der Waals surface area contributed by atoms with Gasteiger partial charge in [-0.1, -0.05) is 76.6 Å². The van der Waals surface area contributed by atoms with Gasteiger partial charge in [-0.2, -0.15) is 0 Å². The minimum absolute atomic E-state index is 0.202. The summed E-state index contributed by atoms with van der Waals surface area (Å²) in [6.45, 7) is 6.35. The molecule has 1 unspecified atom stereocenters. The number of hydrogen-bond acceptors (Lipinski definition) is 1. The maximum absolute atomic E-state index is 14.9. The van der Waals surface area contributed by atoms with Crippen LogP contribution in [0.2, 0.25) is 0 Å². The second-order valence-electron chi connectivity index (χ2n) is 11.9. The van der Waals surface area contributed by atoms with Crippen LogP contribution in [-0.2, 0) is 5.41 Å². The molecule has 3 heteroatoms. The van der Waals surface area contributed by atoms with Gasteiger partial charge in [0, 0.05) is 0 Å². The Labute approximate surface area is 218 Å². The van der Waals surface area contributed by atoms with Crippen molar-refractivity contribution in [3.05, 3.63) is 53.6 Å². The van der Waals surface area contributed by atoms with Crippen molar-refractivity contribution in [1.82, 2.24) is 0 Å². The van der Waals surface area contributed by atoms with Gasteiger partial charge in [-0.25, -0.2) is 8.78 Å². The molecule has 2 aromatic rings. The molecule has 0 radical (unpaired) electrons. The first kappa shape index (κ1) is 27.1. The molecule has 0 heterocycles.